The summed E-state index contributed by atoms with van der Waals surface area (Å²) >= 11 is 12.7. The van der Waals surface area contributed by atoms with Crippen molar-refractivity contribution >= 4 is 50.0 Å². The van der Waals surface area contributed by atoms with Crippen LogP contribution in [0.2, 0.25) is 10.0 Å². The van der Waals surface area contributed by atoms with Crippen LogP contribution in [0.5, 0.6) is 5.75 Å². The average Bonchev–Trinajstić information content (AvgIpc) is 3.34. The lowest BCUT2D eigenvalue weighted by Gasteiger charge is -2.48. The van der Waals surface area contributed by atoms with Crippen LogP contribution in [0.15, 0.2) is 42.9 Å². The first-order valence-electron chi connectivity index (χ1n) is 14.3. The van der Waals surface area contributed by atoms with Crippen LogP contribution < -0.4 is 9.64 Å². The molecule has 2 aliphatic rings. The van der Waals surface area contributed by atoms with E-state index in [9.17, 15) is 8.42 Å². The maximum absolute atomic E-state index is 15.6. The molecule has 2 saturated heterocycles. The second-order valence-electron chi connectivity index (χ2n) is 11.7. The van der Waals surface area contributed by atoms with Crippen LogP contribution in [-0.2, 0) is 19.0 Å². The van der Waals surface area contributed by atoms with Crippen molar-refractivity contribution < 1.29 is 26.5 Å². The molecule has 10 nitrogen and oxygen atoms in total. The van der Waals surface area contributed by atoms with Crippen LogP contribution in [-0.4, -0.2) is 60.7 Å². The average molecular weight is 665 g/mol. The fraction of sp³-hybridized carbons (Fsp3) is 0.433. The van der Waals surface area contributed by atoms with Gasteiger partial charge in [-0.15, -0.1) is 0 Å². The summed E-state index contributed by atoms with van der Waals surface area (Å²) in [6.45, 7) is 5.23. The fourth-order valence-corrected chi connectivity index (χ4v) is 6.94. The van der Waals surface area contributed by atoms with E-state index >= 15 is 4.39 Å². The number of hydrogen-bond acceptors (Lipinski definition) is 9. The Hall–Kier alpha value is -3.03. The normalized spacial score (nSPS) is 19.1. The Morgan fingerprint density at radius 1 is 1.16 bits per heavy atom. The van der Waals surface area contributed by atoms with Gasteiger partial charge in [0.25, 0.3) is 10.1 Å². The Labute approximate surface area is 265 Å². The second kappa shape index (κ2) is 12.1. The standard InChI is InChI=1S/C30H32Cl2FN5O5S/c1-18(27-22(31)13-34-14-23(27)32)43-20-7-8-25-21(11-20)28(36-38(25)26-6-4-5-9-41-26)19-10-24(33)29(35-12-19)37-15-30(2,16-37)17-42-44(3,39)40/h7-8,10-14,18,26H,4-6,9,15-17H2,1-3H3/t18-,26?/m1/s1. The minimum Gasteiger partial charge on any atom is -0.486 e. The van der Waals surface area contributed by atoms with Crippen LogP contribution >= 0.6 is 23.2 Å². The summed E-state index contributed by atoms with van der Waals surface area (Å²) in [5.74, 6) is 0.239. The highest BCUT2D eigenvalue weighted by Gasteiger charge is 2.41. The minimum absolute atomic E-state index is 0.0251. The molecule has 0 amide bonds. The summed E-state index contributed by atoms with van der Waals surface area (Å²) in [6.07, 6.45) is 7.76. The van der Waals surface area contributed by atoms with Gasteiger partial charge in [-0.25, -0.2) is 14.1 Å². The number of aromatic nitrogens is 4. The number of hydrogen-bond donors (Lipinski definition) is 0. The van der Waals surface area contributed by atoms with Gasteiger partial charge in [0, 0.05) is 60.2 Å². The van der Waals surface area contributed by atoms with Crippen LogP contribution in [0.3, 0.4) is 0 Å². The lowest BCUT2D eigenvalue weighted by Crippen LogP contribution is -2.57. The number of nitrogens with zero attached hydrogens (tertiary/aromatic N) is 5. The van der Waals surface area contributed by atoms with Gasteiger partial charge in [-0.05, 0) is 50.5 Å². The Kier molecular flexibility index (Phi) is 8.48. The third-order valence-electron chi connectivity index (χ3n) is 7.88. The highest BCUT2D eigenvalue weighted by atomic mass is 35.5. The van der Waals surface area contributed by atoms with Gasteiger partial charge in [0.2, 0.25) is 0 Å². The van der Waals surface area contributed by atoms with Gasteiger partial charge in [0.05, 0.1) is 28.4 Å². The second-order valence-corrected chi connectivity index (χ2v) is 14.2. The molecule has 234 valence electrons. The van der Waals surface area contributed by atoms with Crippen LogP contribution in [0.4, 0.5) is 10.2 Å². The zero-order valence-electron chi connectivity index (χ0n) is 24.5. The number of rotatable bonds is 9. The van der Waals surface area contributed by atoms with Gasteiger partial charge in [-0.2, -0.15) is 13.5 Å². The van der Waals surface area contributed by atoms with Crippen molar-refractivity contribution in [3.63, 3.8) is 0 Å². The number of pyridine rings is 2. The lowest BCUT2D eigenvalue weighted by atomic mass is 9.83. The van der Waals surface area contributed by atoms with E-state index in [2.05, 4.69) is 9.97 Å². The summed E-state index contributed by atoms with van der Waals surface area (Å²) in [7, 11) is -3.56. The Morgan fingerprint density at radius 3 is 2.57 bits per heavy atom. The smallest absolute Gasteiger partial charge is 0.264 e. The Bertz CT molecular complexity index is 1790. The van der Waals surface area contributed by atoms with E-state index in [4.69, 9.17) is 42.0 Å². The molecular weight excluding hydrogens is 632 g/mol. The third kappa shape index (κ3) is 6.36. The number of benzene rings is 1. The molecule has 2 fully saturated rings. The van der Waals surface area contributed by atoms with E-state index in [1.807, 2.05) is 36.7 Å². The van der Waals surface area contributed by atoms with Gasteiger partial charge >= 0.3 is 0 Å². The van der Waals surface area contributed by atoms with Crippen molar-refractivity contribution in [2.24, 2.45) is 5.41 Å². The summed E-state index contributed by atoms with van der Waals surface area (Å²) < 4.78 is 57.5. The molecule has 14 heteroatoms. The molecule has 2 atom stereocenters. The number of halogens is 3. The van der Waals surface area contributed by atoms with Crippen LogP contribution in [0.1, 0.15) is 51.0 Å². The number of anilines is 1. The molecule has 0 spiro atoms. The molecule has 5 heterocycles. The van der Waals surface area contributed by atoms with E-state index in [0.29, 0.717) is 52.3 Å². The molecule has 1 aromatic carbocycles. The molecule has 6 rings (SSSR count). The molecule has 0 N–H and O–H groups in total. The molecular formula is C30H32Cl2FN5O5S. The first kappa shape index (κ1) is 31.0. The zero-order chi connectivity index (χ0) is 31.2. The minimum atomic E-state index is -3.56. The number of fused-ring (bicyclic) bond motifs is 1. The van der Waals surface area contributed by atoms with E-state index in [1.165, 1.54) is 18.5 Å². The summed E-state index contributed by atoms with van der Waals surface area (Å²) in [4.78, 5) is 10.2. The SMILES string of the molecule is C[C@@H](Oc1ccc2c(c1)c(-c1cnc(N3CC(C)(COS(C)(=O)=O)C3)c(F)c1)nn2C1CCCCO1)c1c(Cl)cncc1Cl. The van der Waals surface area contributed by atoms with Gasteiger partial charge in [-0.3, -0.25) is 9.17 Å². The topological polar surface area (TPSA) is 109 Å². The highest BCUT2D eigenvalue weighted by Crippen LogP contribution is 2.39. The monoisotopic (exact) mass is 663 g/mol. The predicted molar refractivity (Wildman–Crippen MR) is 166 cm³/mol. The van der Waals surface area contributed by atoms with Gasteiger partial charge in [0.15, 0.2) is 17.9 Å². The van der Waals surface area contributed by atoms with Crippen LogP contribution in [0, 0.1) is 11.2 Å². The zero-order valence-corrected chi connectivity index (χ0v) is 26.8. The summed E-state index contributed by atoms with van der Waals surface area (Å²) in [5, 5.41) is 6.46. The Morgan fingerprint density at radius 2 is 1.91 bits per heavy atom. The summed E-state index contributed by atoms with van der Waals surface area (Å²) in [5.41, 5.74) is 2.06. The molecule has 44 heavy (non-hydrogen) atoms. The van der Waals surface area contributed by atoms with E-state index in [1.54, 1.807) is 11.1 Å². The highest BCUT2D eigenvalue weighted by molar-refractivity contribution is 7.85. The van der Waals surface area contributed by atoms with Crippen molar-refractivity contribution in [1.82, 2.24) is 19.7 Å². The predicted octanol–water partition coefficient (Wildman–Crippen LogP) is 6.58. The first-order chi connectivity index (χ1) is 20.9. The first-order valence-corrected chi connectivity index (χ1v) is 16.8. The molecule has 3 aromatic heterocycles. The largest absolute Gasteiger partial charge is 0.486 e. The Balaban J connectivity index is 1.31. The lowest BCUT2D eigenvalue weighted by molar-refractivity contribution is -0.0365. The molecule has 0 aliphatic carbocycles. The quantitative estimate of drug-likeness (QED) is 0.183. The molecule has 1 unspecified atom stereocenters. The fourth-order valence-electron chi connectivity index (χ4n) is 5.77. The van der Waals surface area contributed by atoms with Crippen molar-refractivity contribution in [1.29, 1.82) is 0 Å². The van der Waals surface area contributed by atoms with Gasteiger partial charge < -0.3 is 14.4 Å². The third-order valence-corrected chi connectivity index (χ3v) is 9.03. The van der Waals surface area contributed by atoms with Crippen molar-refractivity contribution in [3.05, 3.63) is 64.3 Å². The molecule has 0 radical (unpaired) electrons. The molecule has 0 bridgehead atoms. The number of ether oxygens (including phenoxy) is 2. The van der Waals surface area contributed by atoms with Crippen molar-refractivity contribution in [2.75, 3.05) is 37.5 Å². The maximum atomic E-state index is 15.6. The van der Waals surface area contributed by atoms with E-state index < -0.39 is 27.5 Å². The van der Waals surface area contributed by atoms with Crippen molar-refractivity contribution in [3.8, 4) is 17.0 Å². The van der Waals surface area contributed by atoms with Gasteiger partial charge in [0.1, 0.15) is 17.5 Å². The van der Waals surface area contributed by atoms with Crippen molar-refractivity contribution in [2.45, 2.75) is 45.4 Å². The van der Waals surface area contributed by atoms with E-state index in [-0.39, 0.29) is 18.7 Å². The molecule has 2 aliphatic heterocycles. The summed E-state index contributed by atoms with van der Waals surface area (Å²) in [6, 6.07) is 7.05. The molecule has 4 aromatic rings. The molecule has 0 saturated carbocycles. The van der Waals surface area contributed by atoms with Crippen LogP contribution in [0.25, 0.3) is 22.2 Å². The van der Waals surface area contributed by atoms with E-state index in [0.717, 1.165) is 36.4 Å². The van der Waals surface area contributed by atoms with Gasteiger partial charge in [-0.1, -0.05) is 30.1 Å². The maximum Gasteiger partial charge on any atom is 0.264 e.